The number of thiazole rings is 1. The van der Waals surface area contributed by atoms with Gasteiger partial charge in [-0.05, 0) is 43.5 Å². The molecule has 166 valence electrons. The molecule has 2 aromatic rings. The van der Waals surface area contributed by atoms with Crippen LogP contribution in [0, 0.1) is 6.92 Å². The number of aromatic nitrogens is 1. The van der Waals surface area contributed by atoms with Crippen LogP contribution in [-0.2, 0) is 17.8 Å². The van der Waals surface area contributed by atoms with Crippen molar-refractivity contribution in [3.63, 3.8) is 0 Å². The molecule has 3 aliphatic rings. The van der Waals surface area contributed by atoms with Gasteiger partial charge in [0.05, 0.1) is 19.3 Å². The second-order valence-electron chi connectivity index (χ2n) is 9.03. The number of fused-ring (bicyclic) bond motifs is 1. The summed E-state index contributed by atoms with van der Waals surface area (Å²) in [6.45, 7) is 8.22. The molecule has 3 heterocycles. The second kappa shape index (κ2) is 8.88. The number of nitrogens with zero attached hydrogens (tertiary/aromatic N) is 4. The summed E-state index contributed by atoms with van der Waals surface area (Å²) in [6, 6.07) is 6.94. The Morgan fingerprint density at radius 1 is 1.19 bits per heavy atom. The zero-order chi connectivity index (χ0) is 21.4. The van der Waals surface area contributed by atoms with Gasteiger partial charge in [0.1, 0.15) is 10.8 Å². The first-order valence-corrected chi connectivity index (χ1v) is 12.3. The fraction of sp³-hybridized carbons (Fsp3) is 0.583. The number of hydrogen-bond donors (Lipinski definition) is 0. The van der Waals surface area contributed by atoms with E-state index in [0.29, 0.717) is 6.54 Å². The van der Waals surface area contributed by atoms with Gasteiger partial charge >= 0.3 is 0 Å². The van der Waals surface area contributed by atoms with Crippen molar-refractivity contribution in [2.45, 2.75) is 45.2 Å². The third kappa shape index (κ3) is 4.36. The lowest BCUT2D eigenvalue weighted by atomic mass is 9.91. The molecule has 7 heteroatoms. The standard InChI is InChI=1S/C24H32N4O2S/c1-17-14-19(30-2)6-7-20(17)24-25-21-8-9-26(15-22(21)31-24)16-23(29)28-12-10-27(11-13-28)18-4-3-5-18/h6-7,14,18H,3-5,8-13,15-16H2,1-2H3. The maximum absolute atomic E-state index is 12.9. The van der Waals surface area contributed by atoms with E-state index < -0.39 is 0 Å². The summed E-state index contributed by atoms with van der Waals surface area (Å²) in [5.41, 5.74) is 3.55. The first-order valence-electron chi connectivity index (χ1n) is 11.5. The van der Waals surface area contributed by atoms with Crippen molar-refractivity contribution in [1.82, 2.24) is 19.7 Å². The summed E-state index contributed by atoms with van der Waals surface area (Å²) in [5, 5.41) is 1.07. The van der Waals surface area contributed by atoms with E-state index in [2.05, 4.69) is 33.8 Å². The number of hydrogen-bond acceptors (Lipinski definition) is 6. The van der Waals surface area contributed by atoms with Crippen molar-refractivity contribution < 1.29 is 9.53 Å². The number of aryl methyl sites for hydroxylation is 1. The van der Waals surface area contributed by atoms with Crippen LogP contribution in [0.25, 0.3) is 10.6 Å². The molecule has 1 amide bonds. The van der Waals surface area contributed by atoms with Gasteiger partial charge in [-0.15, -0.1) is 11.3 Å². The molecule has 1 saturated heterocycles. The van der Waals surface area contributed by atoms with Crippen LogP contribution in [0.5, 0.6) is 5.75 Å². The maximum atomic E-state index is 12.9. The highest BCUT2D eigenvalue weighted by Gasteiger charge is 2.30. The van der Waals surface area contributed by atoms with Gasteiger partial charge < -0.3 is 9.64 Å². The molecule has 0 atom stereocenters. The number of amides is 1. The fourth-order valence-corrected chi connectivity index (χ4v) is 6.12. The van der Waals surface area contributed by atoms with E-state index in [4.69, 9.17) is 9.72 Å². The number of rotatable bonds is 5. The van der Waals surface area contributed by atoms with Crippen LogP contribution >= 0.6 is 11.3 Å². The predicted molar refractivity (Wildman–Crippen MR) is 124 cm³/mol. The number of ether oxygens (including phenoxy) is 1. The van der Waals surface area contributed by atoms with E-state index in [1.807, 2.05) is 6.07 Å². The van der Waals surface area contributed by atoms with Gasteiger partial charge in [0.25, 0.3) is 0 Å². The van der Waals surface area contributed by atoms with E-state index in [9.17, 15) is 4.79 Å². The molecule has 0 radical (unpaired) electrons. The molecule has 2 aliphatic heterocycles. The monoisotopic (exact) mass is 440 g/mol. The normalized spacial score (nSPS) is 20.4. The van der Waals surface area contributed by atoms with Crippen molar-refractivity contribution in [3.8, 4) is 16.3 Å². The number of piperazine rings is 1. The van der Waals surface area contributed by atoms with Crippen LogP contribution in [-0.4, -0.2) is 78.0 Å². The summed E-state index contributed by atoms with van der Waals surface area (Å²) >= 11 is 1.77. The Balaban J connectivity index is 1.19. The molecule has 1 aromatic heterocycles. The van der Waals surface area contributed by atoms with E-state index in [1.165, 1.54) is 41.0 Å². The third-order valence-corrected chi connectivity index (χ3v) is 8.21. The summed E-state index contributed by atoms with van der Waals surface area (Å²) in [4.78, 5) is 26.1. The summed E-state index contributed by atoms with van der Waals surface area (Å²) in [5.74, 6) is 1.16. The van der Waals surface area contributed by atoms with E-state index in [1.54, 1.807) is 18.4 Å². The minimum Gasteiger partial charge on any atom is -0.497 e. The van der Waals surface area contributed by atoms with Gasteiger partial charge in [-0.25, -0.2) is 4.98 Å². The van der Waals surface area contributed by atoms with Gasteiger partial charge in [-0.2, -0.15) is 0 Å². The Labute approximate surface area is 188 Å². The van der Waals surface area contributed by atoms with Crippen LogP contribution in [0.1, 0.15) is 35.4 Å². The zero-order valence-electron chi connectivity index (χ0n) is 18.6. The summed E-state index contributed by atoms with van der Waals surface area (Å²) in [7, 11) is 1.70. The van der Waals surface area contributed by atoms with E-state index >= 15 is 0 Å². The molecule has 6 nitrogen and oxygen atoms in total. The molecule has 5 rings (SSSR count). The van der Waals surface area contributed by atoms with Gasteiger partial charge in [0.2, 0.25) is 5.91 Å². The van der Waals surface area contributed by atoms with Gasteiger partial charge in [0.15, 0.2) is 0 Å². The highest BCUT2D eigenvalue weighted by molar-refractivity contribution is 7.15. The Bertz CT molecular complexity index is 947. The first kappa shape index (κ1) is 20.9. The summed E-state index contributed by atoms with van der Waals surface area (Å²) < 4.78 is 5.33. The molecular weight excluding hydrogens is 408 g/mol. The Hall–Kier alpha value is -1.96. The van der Waals surface area contributed by atoms with E-state index in [0.717, 1.165) is 62.5 Å². The van der Waals surface area contributed by atoms with Crippen LogP contribution in [0.4, 0.5) is 0 Å². The van der Waals surface area contributed by atoms with Crippen LogP contribution < -0.4 is 4.74 Å². The van der Waals surface area contributed by atoms with Gasteiger partial charge in [-0.3, -0.25) is 14.6 Å². The Morgan fingerprint density at radius 3 is 2.68 bits per heavy atom. The van der Waals surface area contributed by atoms with E-state index in [-0.39, 0.29) is 5.91 Å². The average molecular weight is 441 g/mol. The predicted octanol–water partition coefficient (Wildman–Crippen LogP) is 3.18. The number of methoxy groups -OCH3 is 1. The molecule has 31 heavy (non-hydrogen) atoms. The maximum Gasteiger partial charge on any atom is 0.236 e. The number of benzene rings is 1. The quantitative estimate of drug-likeness (QED) is 0.715. The van der Waals surface area contributed by atoms with Crippen molar-refractivity contribution in [2.75, 3.05) is 46.4 Å². The molecule has 1 aromatic carbocycles. The lowest BCUT2D eigenvalue weighted by Gasteiger charge is -2.43. The first-order chi connectivity index (χ1) is 15.1. The van der Waals surface area contributed by atoms with Crippen molar-refractivity contribution in [3.05, 3.63) is 34.3 Å². The molecule has 2 fully saturated rings. The van der Waals surface area contributed by atoms with Gasteiger partial charge in [-0.1, -0.05) is 6.42 Å². The van der Waals surface area contributed by atoms with Crippen molar-refractivity contribution >= 4 is 17.2 Å². The number of carbonyl (C=O) groups is 1. The van der Waals surface area contributed by atoms with Crippen LogP contribution in [0.15, 0.2) is 18.2 Å². The Morgan fingerprint density at radius 2 is 2.00 bits per heavy atom. The minimum atomic E-state index is 0.285. The SMILES string of the molecule is COc1ccc(-c2nc3c(s2)CN(CC(=O)N2CCN(C4CCC4)CC2)CC3)c(C)c1. The summed E-state index contributed by atoms with van der Waals surface area (Å²) in [6.07, 6.45) is 4.98. The lowest BCUT2D eigenvalue weighted by Crippen LogP contribution is -2.55. The topological polar surface area (TPSA) is 48.9 Å². The third-order valence-electron chi connectivity index (χ3n) is 7.09. The molecular formula is C24H32N4O2S. The van der Waals surface area contributed by atoms with Crippen molar-refractivity contribution in [2.24, 2.45) is 0 Å². The molecule has 0 unspecified atom stereocenters. The zero-order valence-corrected chi connectivity index (χ0v) is 19.4. The molecule has 1 aliphatic carbocycles. The number of carbonyl (C=O) groups excluding carboxylic acids is 1. The highest BCUT2D eigenvalue weighted by Crippen LogP contribution is 2.34. The largest absolute Gasteiger partial charge is 0.497 e. The smallest absolute Gasteiger partial charge is 0.236 e. The molecule has 0 N–H and O–H groups in total. The van der Waals surface area contributed by atoms with Crippen LogP contribution in [0.3, 0.4) is 0 Å². The molecule has 1 saturated carbocycles. The fourth-order valence-electron chi connectivity index (χ4n) is 4.88. The Kier molecular flexibility index (Phi) is 5.99. The lowest BCUT2D eigenvalue weighted by molar-refractivity contribution is -0.135. The molecule has 0 spiro atoms. The highest BCUT2D eigenvalue weighted by atomic mass is 32.1. The van der Waals surface area contributed by atoms with Gasteiger partial charge in [0, 0.05) is 62.2 Å². The second-order valence-corrected chi connectivity index (χ2v) is 10.1. The van der Waals surface area contributed by atoms with Crippen molar-refractivity contribution in [1.29, 1.82) is 0 Å². The minimum absolute atomic E-state index is 0.285. The molecule has 0 bridgehead atoms. The average Bonchev–Trinajstić information content (AvgIpc) is 3.16. The van der Waals surface area contributed by atoms with Crippen LogP contribution in [0.2, 0.25) is 0 Å².